The van der Waals surface area contributed by atoms with E-state index in [0.29, 0.717) is 0 Å². The molecule has 0 radical (unpaired) electrons. The molecule has 5 heteroatoms. The zero-order valence-electron chi connectivity index (χ0n) is 10.6. The van der Waals surface area contributed by atoms with Gasteiger partial charge in [-0.3, -0.25) is 9.55 Å². The molecule has 0 spiro atoms. The highest BCUT2D eigenvalue weighted by molar-refractivity contribution is 9.10. The highest BCUT2D eigenvalue weighted by Gasteiger charge is 2.27. The zero-order chi connectivity index (χ0) is 13.7. The summed E-state index contributed by atoms with van der Waals surface area (Å²) >= 11 is 3.59. The molecule has 0 bridgehead atoms. The molecule has 100 valence electrons. The van der Waals surface area contributed by atoms with Gasteiger partial charge in [-0.1, -0.05) is 22.0 Å². The van der Waals surface area contributed by atoms with Gasteiger partial charge in [0.25, 0.3) is 0 Å². The number of benzene rings is 1. The third-order valence-electron chi connectivity index (χ3n) is 3.94. The summed E-state index contributed by atoms with van der Waals surface area (Å²) < 4.78 is 2.92. The molecule has 3 aromatic rings. The van der Waals surface area contributed by atoms with Crippen LogP contribution in [-0.4, -0.2) is 14.5 Å². The van der Waals surface area contributed by atoms with Crippen LogP contribution in [0.5, 0.6) is 0 Å². The largest absolute Gasteiger partial charge is 0.327 e. The summed E-state index contributed by atoms with van der Waals surface area (Å²) in [6.45, 7) is 0. The molecule has 0 amide bonds. The van der Waals surface area contributed by atoms with E-state index in [4.69, 9.17) is 0 Å². The maximum Gasteiger partial charge on any atom is 0.327 e. The van der Waals surface area contributed by atoms with Crippen molar-refractivity contribution in [3.05, 3.63) is 62.7 Å². The van der Waals surface area contributed by atoms with Gasteiger partial charge in [0.2, 0.25) is 0 Å². The molecule has 0 aliphatic carbocycles. The van der Waals surface area contributed by atoms with Crippen molar-refractivity contribution >= 4 is 27.0 Å². The third-order valence-corrected chi connectivity index (χ3v) is 4.68. The average Bonchev–Trinajstić information content (AvgIpc) is 2.82. The standard InChI is InChI=1S/C15H12BrN3O/c16-10-5-6-12-14-9(10)4-7-13(19(14)15(20)18-12)11-3-1-2-8-17-11/h1-3,5-6,8,13H,4,7H2,(H,18,20). The van der Waals surface area contributed by atoms with Crippen molar-refractivity contribution in [2.75, 3.05) is 0 Å². The van der Waals surface area contributed by atoms with E-state index in [0.717, 1.165) is 34.0 Å². The smallest absolute Gasteiger partial charge is 0.306 e. The molecule has 1 aliphatic rings. The van der Waals surface area contributed by atoms with E-state index in [1.807, 2.05) is 34.9 Å². The third kappa shape index (κ3) is 1.59. The van der Waals surface area contributed by atoms with Crippen LogP contribution in [-0.2, 0) is 6.42 Å². The molecule has 0 saturated carbocycles. The van der Waals surface area contributed by atoms with Gasteiger partial charge in [-0.05, 0) is 42.7 Å². The molecule has 4 nitrogen and oxygen atoms in total. The SMILES string of the molecule is O=c1[nH]c2ccc(Br)c3c2n1C(c1ccccn1)CC3. The molecule has 0 fully saturated rings. The Morgan fingerprint density at radius 3 is 3.00 bits per heavy atom. The monoisotopic (exact) mass is 329 g/mol. The molecule has 1 aromatic carbocycles. The lowest BCUT2D eigenvalue weighted by Gasteiger charge is -2.24. The first-order valence-corrected chi connectivity index (χ1v) is 7.37. The second-order valence-corrected chi connectivity index (χ2v) is 5.89. The van der Waals surface area contributed by atoms with Crippen molar-refractivity contribution in [2.45, 2.75) is 18.9 Å². The Labute approximate surface area is 123 Å². The number of nitrogens with one attached hydrogen (secondary N) is 1. The fourth-order valence-electron chi connectivity index (χ4n) is 3.06. The van der Waals surface area contributed by atoms with Crippen LogP contribution in [0.2, 0.25) is 0 Å². The molecule has 0 saturated heterocycles. The van der Waals surface area contributed by atoms with Gasteiger partial charge in [-0.25, -0.2) is 4.79 Å². The van der Waals surface area contributed by atoms with Crippen LogP contribution in [0.25, 0.3) is 11.0 Å². The van der Waals surface area contributed by atoms with Crippen molar-refractivity contribution in [1.82, 2.24) is 14.5 Å². The molecule has 3 heterocycles. The van der Waals surface area contributed by atoms with E-state index >= 15 is 0 Å². The van der Waals surface area contributed by atoms with Gasteiger partial charge >= 0.3 is 5.69 Å². The van der Waals surface area contributed by atoms with Gasteiger partial charge in [-0.2, -0.15) is 0 Å². The molecule has 1 atom stereocenters. The van der Waals surface area contributed by atoms with Crippen LogP contribution in [0, 0.1) is 0 Å². The zero-order valence-corrected chi connectivity index (χ0v) is 12.2. The number of hydrogen-bond donors (Lipinski definition) is 1. The Morgan fingerprint density at radius 2 is 2.20 bits per heavy atom. The van der Waals surface area contributed by atoms with Crippen molar-refractivity contribution in [1.29, 1.82) is 0 Å². The van der Waals surface area contributed by atoms with Gasteiger partial charge in [0, 0.05) is 10.7 Å². The van der Waals surface area contributed by atoms with Crippen LogP contribution in [0.1, 0.15) is 23.7 Å². The quantitative estimate of drug-likeness (QED) is 0.746. The lowest BCUT2D eigenvalue weighted by atomic mass is 9.97. The van der Waals surface area contributed by atoms with E-state index < -0.39 is 0 Å². The number of pyridine rings is 1. The number of hydrogen-bond acceptors (Lipinski definition) is 2. The van der Waals surface area contributed by atoms with Crippen LogP contribution in [0.3, 0.4) is 0 Å². The van der Waals surface area contributed by atoms with E-state index in [9.17, 15) is 4.79 Å². The average molecular weight is 330 g/mol. The van der Waals surface area contributed by atoms with Gasteiger partial charge in [0.1, 0.15) is 0 Å². The Balaban J connectivity index is 2.04. The number of aromatic amines is 1. The number of nitrogens with zero attached hydrogens (tertiary/aromatic N) is 2. The first kappa shape index (κ1) is 11.9. The summed E-state index contributed by atoms with van der Waals surface area (Å²) in [6.07, 6.45) is 3.61. The van der Waals surface area contributed by atoms with Crippen molar-refractivity contribution in [3.8, 4) is 0 Å². The number of imidazole rings is 1. The fourth-order valence-corrected chi connectivity index (χ4v) is 3.58. The molecular weight excluding hydrogens is 318 g/mol. The van der Waals surface area contributed by atoms with Crippen molar-refractivity contribution < 1.29 is 0 Å². The van der Waals surface area contributed by atoms with E-state index in [1.54, 1.807) is 6.20 Å². The summed E-state index contributed by atoms with van der Waals surface area (Å²) in [5.41, 5.74) is 3.99. The number of H-pyrrole nitrogens is 1. The van der Waals surface area contributed by atoms with Gasteiger partial charge in [-0.15, -0.1) is 0 Å². The number of aromatic nitrogens is 3. The Kier molecular flexibility index (Phi) is 2.57. The van der Waals surface area contributed by atoms with Gasteiger partial charge in [0.05, 0.1) is 22.8 Å². The molecule has 20 heavy (non-hydrogen) atoms. The topological polar surface area (TPSA) is 50.7 Å². The summed E-state index contributed by atoms with van der Waals surface area (Å²) in [6, 6.07) is 9.80. The van der Waals surface area contributed by atoms with Crippen LogP contribution in [0.4, 0.5) is 0 Å². The van der Waals surface area contributed by atoms with E-state index in [1.165, 1.54) is 5.56 Å². The Morgan fingerprint density at radius 1 is 1.30 bits per heavy atom. The molecular formula is C15H12BrN3O. The molecule has 1 N–H and O–H groups in total. The van der Waals surface area contributed by atoms with E-state index in [2.05, 4.69) is 25.9 Å². The Hall–Kier alpha value is -1.88. The molecule has 1 unspecified atom stereocenters. The van der Waals surface area contributed by atoms with Crippen molar-refractivity contribution in [2.24, 2.45) is 0 Å². The molecule has 4 rings (SSSR count). The van der Waals surface area contributed by atoms with Crippen LogP contribution in [0.15, 0.2) is 45.8 Å². The summed E-state index contributed by atoms with van der Waals surface area (Å²) in [5, 5.41) is 0. The maximum atomic E-state index is 12.3. The second kappa shape index (κ2) is 4.31. The maximum absolute atomic E-state index is 12.3. The summed E-state index contributed by atoms with van der Waals surface area (Å²) in [5.74, 6) is 0. The van der Waals surface area contributed by atoms with Gasteiger partial charge < -0.3 is 4.98 Å². The van der Waals surface area contributed by atoms with Crippen molar-refractivity contribution in [3.63, 3.8) is 0 Å². The molecule has 2 aromatic heterocycles. The fraction of sp³-hybridized carbons (Fsp3) is 0.200. The minimum absolute atomic E-state index is 0.0132. The highest BCUT2D eigenvalue weighted by atomic mass is 79.9. The lowest BCUT2D eigenvalue weighted by molar-refractivity contribution is 0.508. The summed E-state index contributed by atoms with van der Waals surface area (Å²) in [4.78, 5) is 19.7. The van der Waals surface area contributed by atoms with E-state index in [-0.39, 0.29) is 11.7 Å². The Bertz CT molecular complexity index is 851. The minimum Gasteiger partial charge on any atom is -0.306 e. The van der Waals surface area contributed by atoms with Gasteiger partial charge in [0.15, 0.2) is 0 Å². The minimum atomic E-state index is -0.0605. The lowest BCUT2D eigenvalue weighted by Crippen LogP contribution is -2.27. The predicted molar refractivity (Wildman–Crippen MR) is 81.0 cm³/mol. The number of aryl methyl sites for hydroxylation is 1. The normalized spacial score (nSPS) is 17.6. The van der Waals surface area contributed by atoms with Crippen LogP contribution >= 0.6 is 15.9 Å². The predicted octanol–water partition coefficient (Wildman–Crippen LogP) is 3.02. The first-order valence-electron chi connectivity index (χ1n) is 6.58. The number of rotatable bonds is 1. The second-order valence-electron chi connectivity index (χ2n) is 5.03. The molecule has 1 aliphatic heterocycles. The number of halogens is 1. The first-order chi connectivity index (χ1) is 9.75. The van der Waals surface area contributed by atoms with Crippen LogP contribution < -0.4 is 5.69 Å². The highest BCUT2D eigenvalue weighted by Crippen LogP contribution is 2.35. The summed E-state index contributed by atoms with van der Waals surface area (Å²) in [7, 11) is 0.